The van der Waals surface area contributed by atoms with Crippen LogP contribution >= 0.6 is 0 Å². The van der Waals surface area contributed by atoms with Crippen molar-refractivity contribution < 1.29 is 0 Å². The van der Waals surface area contributed by atoms with E-state index in [0.29, 0.717) is 0 Å². The van der Waals surface area contributed by atoms with Crippen LogP contribution in [0.4, 0.5) is 34.1 Å². The van der Waals surface area contributed by atoms with E-state index in [1.165, 1.54) is 160 Å². The van der Waals surface area contributed by atoms with Gasteiger partial charge in [0.1, 0.15) is 0 Å². The number of fused-ring (bicyclic) bond motifs is 13. The first-order valence-corrected chi connectivity index (χ1v) is 42.9. The highest BCUT2D eigenvalue weighted by Crippen LogP contribution is 2.59. The van der Waals surface area contributed by atoms with Gasteiger partial charge in [0.2, 0.25) is 0 Å². The second kappa shape index (κ2) is 26.7. The van der Waals surface area contributed by atoms with Gasteiger partial charge in [-0.1, -0.05) is 333 Å². The first-order chi connectivity index (χ1) is 55.9. The zero-order valence-electron chi connectivity index (χ0n) is 73.1. The predicted molar refractivity (Wildman–Crippen MR) is 508 cm³/mol. The first-order valence-electron chi connectivity index (χ1n) is 42.9. The molecule has 16 aromatic rings. The summed E-state index contributed by atoms with van der Waals surface area (Å²) in [6, 6.07) is 115. The third kappa shape index (κ3) is 12.2. The molecule has 5 heteroatoms. The van der Waals surface area contributed by atoms with Crippen molar-refractivity contribution in [2.45, 2.75) is 189 Å². The van der Waals surface area contributed by atoms with E-state index in [4.69, 9.17) is 0 Å². The van der Waals surface area contributed by atoms with Gasteiger partial charge in [0.15, 0.2) is 0 Å². The molecule has 118 heavy (non-hydrogen) atoms. The van der Waals surface area contributed by atoms with Gasteiger partial charge in [-0.05, 0) is 241 Å². The number of hydrogen-bond acceptors (Lipinski definition) is 2. The Kier molecular flexibility index (Phi) is 17.3. The Morgan fingerprint density at radius 2 is 0.602 bits per heavy atom. The third-order valence-electron chi connectivity index (χ3n) is 26.5. The molecule has 4 heterocycles. The molecule has 19 rings (SSSR count). The summed E-state index contributed by atoms with van der Waals surface area (Å²) in [7, 11) is 0. The summed E-state index contributed by atoms with van der Waals surface area (Å²) >= 11 is 0. The Hall–Kier alpha value is -11.7. The molecule has 586 valence electrons. The van der Waals surface area contributed by atoms with E-state index < -0.39 is 5.41 Å². The van der Waals surface area contributed by atoms with Gasteiger partial charge in [0.05, 0.1) is 38.9 Å². The van der Waals surface area contributed by atoms with Crippen LogP contribution in [0.2, 0.25) is 0 Å². The Labute approximate surface area is 701 Å². The molecule has 0 unspecified atom stereocenters. The van der Waals surface area contributed by atoms with Gasteiger partial charge in [-0.3, -0.25) is 0 Å². The summed E-state index contributed by atoms with van der Waals surface area (Å²) in [5, 5.41) is 4.99. The monoisotopic (exact) mass is 1530 g/mol. The molecular formula is C113H111BN4. The van der Waals surface area contributed by atoms with Crippen molar-refractivity contribution in [1.82, 2.24) is 9.13 Å². The normalized spacial score (nSPS) is 14.2. The number of para-hydroxylation sites is 1. The fourth-order valence-corrected chi connectivity index (χ4v) is 19.8. The lowest BCUT2D eigenvalue weighted by Crippen LogP contribution is -2.61. The summed E-state index contributed by atoms with van der Waals surface area (Å²) in [5.41, 5.74) is 37.7. The summed E-state index contributed by atoms with van der Waals surface area (Å²) in [6.45, 7) is 49.2. The van der Waals surface area contributed by atoms with Crippen molar-refractivity contribution in [3.63, 3.8) is 0 Å². The van der Waals surface area contributed by atoms with Crippen LogP contribution in [0.5, 0.6) is 0 Å². The maximum Gasteiger partial charge on any atom is 0.252 e. The molecular weight excluding hydrogens is 1420 g/mol. The standard InChI is InChI=1S/C113H111BN4/c1-106(2,3)72-44-40-70(41-45-72)85-60-76(108(7,8)9)48-56-96(85)117-101-66-81(115-98-58-50-78(110(13,14)15)62-88(98)89-63-79(111(16,17)18)51-59-99(89)115)52-54-93(101)114-94-55-53-82(67-102(94)118(104-65-80(112(19,20)21)64-103(117)105(104)114)97-57-49-77(109(10,11)12)61-86(97)71-42-46-73(47-43-71)107(4,5)6)116-95-39-31-29-37-84(95)90-68-87-83-36-28-30-38-91(83)113(92(87)69-100(90)116,74-32-24-22-25-33-74)75-34-26-23-27-35-75/h22-69H,1-21H3. The van der Waals surface area contributed by atoms with Crippen LogP contribution in [-0.4, -0.2) is 15.8 Å². The van der Waals surface area contributed by atoms with Crippen molar-refractivity contribution in [2.75, 3.05) is 9.80 Å². The minimum Gasteiger partial charge on any atom is -0.311 e. The van der Waals surface area contributed by atoms with E-state index in [1.807, 2.05) is 0 Å². The zero-order valence-corrected chi connectivity index (χ0v) is 73.1. The topological polar surface area (TPSA) is 16.3 Å². The smallest absolute Gasteiger partial charge is 0.252 e. The molecule has 3 aliphatic rings. The summed E-state index contributed by atoms with van der Waals surface area (Å²) < 4.78 is 5.18. The molecule has 0 radical (unpaired) electrons. The minimum atomic E-state index is -0.606. The first kappa shape index (κ1) is 76.3. The van der Waals surface area contributed by atoms with Gasteiger partial charge in [-0.25, -0.2) is 0 Å². The van der Waals surface area contributed by atoms with Gasteiger partial charge in [0.25, 0.3) is 6.71 Å². The molecule has 0 bridgehead atoms. The quantitative estimate of drug-likeness (QED) is 0.141. The molecule has 0 amide bonds. The molecule has 0 N–H and O–H groups in total. The fraction of sp³-hybridized carbons (Fsp3) is 0.257. The van der Waals surface area contributed by atoms with Gasteiger partial charge < -0.3 is 18.9 Å². The molecule has 0 spiro atoms. The summed E-state index contributed by atoms with van der Waals surface area (Å²) in [5.74, 6) is 0. The molecule has 0 fully saturated rings. The van der Waals surface area contributed by atoms with Crippen LogP contribution < -0.4 is 26.2 Å². The van der Waals surface area contributed by atoms with Gasteiger partial charge in [0, 0.05) is 66.8 Å². The van der Waals surface area contributed by atoms with Crippen LogP contribution in [0.25, 0.3) is 88.4 Å². The number of aromatic nitrogens is 2. The van der Waals surface area contributed by atoms with E-state index in [9.17, 15) is 0 Å². The number of nitrogens with zero attached hydrogens (tertiary/aromatic N) is 4. The molecule has 2 aromatic heterocycles. The van der Waals surface area contributed by atoms with E-state index in [2.05, 4.69) is 456 Å². The molecule has 4 nitrogen and oxygen atoms in total. The zero-order chi connectivity index (χ0) is 82.6. The highest BCUT2D eigenvalue weighted by Gasteiger charge is 2.49. The lowest BCUT2D eigenvalue weighted by Gasteiger charge is -2.46. The maximum atomic E-state index is 2.73. The fourth-order valence-electron chi connectivity index (χ4n) is 19.8. The number of hydrogen-bond donors (Lipinski definition) is 0. The Morgan fingerprint density at radius 3 is 1.05 bits per heavy atom. The van der Waals surface area contributed by atoms with Crippen LogP contribution in [0, 0.1) is 0 Å². The lowest BCUT2D eigenvalue weighted by molar-refractivity contribution is 0.589. The maximum absolute atomic E-state index is 2.73. The largest absolute Gasteiger partial charge is 0.311 e. The van der Waals surface area contributed by atoms with Crippen LogP contribution in [0.15, 0.2) is 291 Å². The molecule has 0 atom stereocenters. The molecule has 2 aliphatic heterocycles. The number of anilines is 6. The second-order valence-electron chi connectivity index (χ2n) is 41.5. The van der Waals surface area contributed by atoms with Gasteiger partial charge >= 0.3 is 0 Å². The predicted octanol–water partition coefficient (Wildman–Crippen LogP) is 28.7. The molecule has 0 saturated heterocycles. The van der Waals surface area contributed by atoms with Crippen molar-refractivity contribution in [3.8, 4) is 44.8 Å². The number of benzene rings is 14. The van der Waals surface area contributed by atoms with Crippen molar-refractivity contribution in [2.24, 2.45) is 0 Å². The minimum absolute atomic E-state index is 0.0334. The third-order valence-corrected chi connectivity index (χ3v) is 26.5. The molecule has 14 aromatic carbocycles. The van der Waals surface area contributed by atoms with E-state index in [0.717, 1.165) is 39.6 Å². The van der Waals surface area contributed by atoms with E-state index >= 15 is 0 Å². The van der Waals surface area contributed by atoms with Crippen molar-refractivity contribution in [1.29, 1.82) is 0 Å². The van der Waals surface area contributed by atoms with Crippen LogP contribution in [0.3, 0.4) is 0 Å². The number of rotatable bonds is 8. The average Bonchev–Trinajstić information content (AvgIpc) is 1.32. The van der Waals surface area contributed by atoms with Crippen LogP contribution in [0.1, 0.15) is 207 Å². The van der Waals surface area contributed by atoms with Crippen molar-refractivity contribution >= 4 is 101 Å². The summed E-state index contributed by atoms with van der Waals surface area (Å²) in [6.07, 6.45) is 0. The Morgan fingerprint density at radius 1 is 0.229 bits per heavy atom. The second-order valence-corrected chi connectivity index (χ2v) is 41.5. The molecule has 1 aliphatic carbocycles. The Bertz CT molecular complexity index is 6640. The van der Waals surface area contributed by atoms with Crippen molar-refractivity contribution in [3.05, 3.63) is 352 Å². The molecule has 0 saturated carbocycles. The highest BCUT2D eigenvalue weighted by molar-refractivity contribution is 7.00. The van der Waals surface area contributed by atoms with Gasteiger partial charge in [-0.15, -0.1) is 0 Å². The Balaban J connectivity index is 0.946. The summed E-state index contributed by atoms with van der Waals surface area (Å²) in [4.78, 5) is 5.45. The highest BCUT2D eigenvalue weighted by atomic mass is 15.2. The van der Waals surface area contributed by atoms with Gasteiger partial charge in [-0.2, -0.15) is 0 Å². The SMILES string of the molecule is CC(C)(C)c1ccc(-c2cc(C(C)(C)C)ccc2N2c3cc(-n4c5ccc(C(C)(C)C)cc5c5cc(C(C)(C)C)ccc54)ccc3B3c4ccc(-n5c6ccccc6c6cc7c(cc65)C(c5ccccc5)(c5ccccc5)c5ccccc5-7)cc4N(c4ccc(C(C)(C)C)cc4-c4ccc(C(C)(C)C)cc4)c4cc(C(C)(C)C)cc2c43)cc1. The lowest BCUT2D eigenvalue weighted by atomic mass is 9.33. The van der Waals surface area contributed by atoms with E-state index in [1.54, 1.807) is 0 Å². The van der Waals surface area contributed by atoms with E-state index in [-0.39, 0.29) is 44.6 Å². The van der Waals surface area contributed by atoms with Crippen LogP contribution in [-0.2, 0) is 43.3 Å². The average molecular weight is 1540 g/mol.